The van der Waals surface area contributed by atoms with Gasteiger partial charge in [-0.15, -0.1) is 11.3 Å². The molecule has 0 spiro atoms. The van der Waals surface area contributed by atoms with Gasteiger partial charge in [0.2, 0.25) is 11.8 Å². The second-order valence-electron chi connectivity index (χ2n) is 6.04. The summed E-state index contributed by atoms with van der Waals surface area (Å²) in [6.45, 7) is 2.13. The van der Waals surface area contributed by atoms with Crippen LogP contribution in [-0.2, 0) is 16.0 Å². The summed E-state index contributed by atoms with van der Waals surface area (Å²) in [5.74, 6) is 0.0173. The maximum absolute atomic E-state index is 12.2. The van der Waals surface area contributed by atoms with Crippen molar-refractivity contribution in [3.63, 3.8) is 0 Å². The molecule has 1 fully saturated rings. The molecule has 0 bridgehead atoms. The molecule has 1 N–H and O–H groups in total. The summed E-state index contributed by atoms with van der Waals surface area (Å²) >= 11 is 1.42. The monoisotopic (exact) mass is 343 g/mol. The number of benzene rings is 1. The molecule has 2 aromatic rings. The van der Waals surface area contributed by atoms with E-state index in [1.165, 1.54) is 16.9 Å². The number of hydrogen-bond acceptors (Lipinski definition) is 4. The Morgan fingerprint density at radius 2 is 2.12 bits per heavy atom. The number of aromatic nitrogens is 1. The number of amides is 2. The first-order chi connectivity index (χ1) is 11.6. The average Bonchev–Trinajstić information content (AvgIpc) is 3.17. The number of nitrogens with zero attached hydrogens (tertiary/aromatic N) is 2. The zero-order valence-electron chi connectivity index (χ0n) is 13.9. The lowest BCUT2D eigenvalue weighted by atomic mass is 10.1. The number of hydrogen-bond donors (Lipinski definition) is 1. The van der Waals surface area contributed by atoms with Crippen molar-refractivity contribution in [2.45, 2.75) is 38.6 Å². The van der Waals surface area contributed by atoms with Crippen molar-refractivity contribution < 1.29 is 9.59 Å². The molecule has 2 heterocycles. The molecule has 0 radical (unpaired) electrons. The molecule has 0 saturated carbocycles. The summed E-state index contributed by atoms with van der Waals surface area (Å²) in [5.41, 5.74) is 3.20. The van der Waals surface area contributed by atoms with Gasteiger partial charge in [0.25, 0.3) is 0 Å². The molecule has 3 rings (SSSR count). The molecule has 126 valence electrons. The van der Waals surface area contributed by atoms with Gasteiger partial charge in [-0.25, -0.2) is 4.98 Å². The molecule has 1 aliphatic heterocycles. The normalized spacial score (nSPS) is 17.3. The molecule has 6 heteroatoms. The maximum atomic E-state index is 12.2. The first-order valence-electron chi connectivity index (χ1n) is 8.17. The second-order valence-corrected chi connectivity index (χ2v) is 6.90. The van der Waals surface area contributed by atoms with E-state index in [2.05, 4.69) is 41.5 Å². The number of likely N-dealkylation sites (tertiary alicyclic amines) is 1. The van der Waals surface area contributed by atoms with Crippen molar-refractivity contribution in [3.8, 4) is 11.3 Å². The van der Waals surface area contributed by atoms with E-state index in [1.54, 1.807) is 11.9 Å². The molecule has 1 aromatic carbocycles. The highest BCUT2D eigenvalue weighted by molar-refractivity contribution is 7.14. The standard InChI is InChI=1S/C18H21N3O2S/c1-3-12-4-6-13(7-5-12)15-11-24-18(19-15)20-16(22)10-14-8-9-17(23)21(14)2/h4-7,11,14H,3,8-10H2,1-2H3,(H,19,20,22). The van der Waals surface area contributed by atoms with E-state index in [-0.39, 0.29) is 17.9 Å². The van der Waals surface area contributed by atoms with Gasteiger partial charge in [-0.3, -0.25) is 9.59 Å². The Labute approximate surface area is 145 Å². The number of rotatable bonds is 5. The van der Waals surface area contributed by atoms with Crippen molar-refractivity contribution in [2.75, 3.05) is 12.4 Å². The fourth-order valence-electron chi connectivity index (χ4n) is 2.86. The van der Waals surface area contributed by atoms with Crippen LogP contribution in [0.1, 0.15) is 31.7 Å². The first-order valence-corrected chi connectivity index (χ1v) is 9.05. The minimum atomic E-state index is -0.0937. The number of thiazole rings is 1. The summed E-state index contributed by atoms with van der Waals surface area (Å²) in [6, 6.07) is 8.30. The number of anilines is 1. The minimum Gasteiger partial charge on any atom is -0.342 e. The van der Waals surface area contributed by atoms with E-state index in [0.717, 1.165) is 24.1 Å². The van der Waals surface area contributed by atoms with Crippen molar-refractivity contribution in [1.29, 1.82) is 0 Å². The zero-order valence-corrected chi connectivity index (χ0v) is 14.7. The van der Waals surface area contributed by atoms with Crippen LogP contribution < -0.4 is 5.32 Å². The highest BCUT2D eigenvalue weighted by Crippen LogP contribution is 2.26. The summed E-state index contributed by atoms with van der Waals surface area (Å²) < 4.78 is 0. The quantitative estimate of drug-likeness (QED) is 0.906. The predicted octanol–water partition coefficient (Wildman–Crippen LogP) is 3.32. The van der Waals surface area contributed by atoms with Crippen LogP contribution in [0.25, 0.3) is 11.3 Å². The fraction of sp³-hybridized carbons (Fsp3) is 0.389. The third kappa shape index (κ3) is 3.64. The number of nitrogens with one attached hydrogen (secondary N) is 1. The summed E-state index contributed by atoms with van der Waals surface area (Å²) in [5, 5.41) is 5.39. The van der Waals surface area contributed by atoms with Gasteiger partial charge in [0, 0.05) is 36.9 Å². The summed E-state index contributed by atoms with van der Waals surface area (Å²) in [6.07, 6.45) is 2.61. The Morgan fingerprint density at radius 1 is 1.38 bits per heavy atom. The molecule has 1 atom stereocenters. The molecule has 24 heavy (non-hydrogen) atoms. The summed E-state index contributed by atoms with van der Waals surface area (Å²) in [4.78, 5) is 29.8. The molecule has 2 amide bonds. The maximum Gasteiger partial charge on any atom is 0.228 e. The van der Waals surface area contributed by atoms with E-state index in [4.69, 9.17) is 0 Å². The van der Waals surface area contributed by atoms with Crippen molar-refractivity contribution >= 4 is 28.3 Å². The third-order valence-corrected chi connectivity index (χ3v) is 5.22. The molecule has 1 unspecified atom stereocenters. The molecule has 1 aromatic heterocycles. The summed E-state index contributed by atoms with van der Waals surface area (Å²) in [7, 11) is 1.76. The van der Waals surface area contributed by atoms with Crippen LogP contribution in [0.15, 0.2) is 29.6 Å². The van der Waals surface area contributed by atoms with E-state index < -0.39 is 0 Å². The van der Waals surface area contributed by atoms with Crippen molar-refractivity contribution in [2.24, 2.45) is 0 Å². The Kier molecular flexibility index (Phi) is 4.94. The van der Waals surface area contributed by atoms with Crippen molar-refractivity contribution in [1.82, 2.24) is 9.88 Å². The minimum absolute atomic E-state index is 0.00137. The number of carbonyl (C=O) groups excluding carboxylic acids is 2. The SMILES string of the molecule is CCc1ccc(-c2csc(NC(=O)CC3CCC(=O)N3C)n2)cc1. The van der Waals surface area contributed by atoms with Crippen LogP contribution in [0.5, 0.6) is 0 Å². The van der Waals surface area contributed by atoms with Gasteiger partial charge < -0.3 is 10.2 Å². The zero-order chi connectivity index (χ0) is 17.1. The molecular weight excluding hydrogens is 322 g/mol. The van der Waals surface area contributed by atoms with E-state index in [1.807, 2.05) is 5.38 Å². The van der Waals surface area contributed by atoms with Gasteiger partial charge in [0.05, 0.1) is 5.69 Å². The third-order valence-electron chi connectivity index (χ3n) is 4.46. The molecule has 5 nitrogen and oxygen atoms in total. The Balaban J connectivity index is 1.61. The Hall–Kier alpha value is -2.21. The lowest BCUT2D eigenvalue weighted by molar-refractivity contribution is -0.128. The Morgan fingerprint density at radius 3 is 2.75 bits per heavy atom. The van der Waals surface area contributed by atoms with Gasteiger partial charge in [0.1, 0.15) is 0 Å². The van der Waals surface area contributed by atoms with Gasteiger partial charge in [-0.05, 0) is 18.4 Å². The van der Waals surface area contributed by atoms with Gasteiger partial charge in [-0.1, -0.05) is 31.2 Å². The van der Waals surface area contributed by atoms with E-state index >= 15 is 0 Å². The van der Waals surface area contributed by atoms with Gasteiger partial charge in [-0.2, -0.15) is 0 Å². The highest BCUT2D eigenvalue weighted by atomic mass is 32.1. The van der Waals surface area contributed by atoms with E-state index in [9.17, 15) is 9.59 Å². The number of carbonyl (C=O) groups is 2. The molecule has 1 saturated heterocycles. The van der Waals surface area contributed by atoms with Crippen LogP contribution in [0.4, 0.5) is 5.13 Å². The molecule has 1 aliphatic rings. The largest absolute Gasteiger partial charge is 0.342 e. The number of aryl methyl sites for hydroxylation is 1. The van der Waals surface area contributed by atoms with Gasteiger partial charge >= 0.3 is 0 Å². The fourth-order valence-corrected chi connectivity index (χ4v) is 3.60. The van der Waals surface area contributed by atoms with Crippen LogP contribution in [0, 0.1) is 0 Å². The predicted molar refractivity (Wildman–Crippen MR) is 96.0 cm³/mol. The average molecular weight is 343 g/mol. The lowest BCUT2D eigenvalue weighted by Crippen LogP contribution is -2.32. The first kappa shape index (κ1) is 16.6. The Bertz CT molecular complexity index is 739. The van der Waals surface area contributed by atoms with Crippen LogP contribution in [0.2, 0.25) is 0 Å². The van der Waals surface area contributed by atoms with Crippen LogP contribution in [0.3, 0.4) is 0 Å². The van der Waals surface area contributed by atoms with Crippen LogP contribution in [-0.4, -0.2) is 34.8 Å². The second kappa shape index (κ2) is 7.13. The lowest BCUT2D eigenvalue weighted by Gasteiger charge is -2.18. The molecule has 0 aliphatic carbocycles. The highest BCUT2D eigenvalue weighted by Gasteiger charge is 2.29. The topological polar surface area (TPSA) is 62.3 Å². The van der Waals surface area contributed by atoms with Crippen LogP contribution >= 0.6 is 11.3 Å². The van der Waals surface area contributed by atoms with Crippen molar-refractivity contribution in [3.05, 3.63) is 35.2 Å². The molecular formula is C18H21N3O2S. The van der Waals surface area contributed by atoms with Gasteiger partial charge in [0.15, 0.2) is 5.13 Å². The van der Waals surface area contributed by atoms with E-state index in [0.29, 0.717) is 18.0 Å². The smallest absolute Gasteiger partial charge is 0.228 e.